The van der Waals surface area contributed by atoms with Crippen molar-refractivity contribution in [2.75, 3.05) is 47.5 Å². The van der Waals surface area contributed by atoms with E-state index in [0.29, 0.717) is 30.3 Å². The Kier molecular flexibility index (Phi) is 38.4. The minimum atomic E-state index is -4.45. The first-order valence-electron chi connectivity index (χ1n) is 22.7. The molecule has 0 saturated carbocycles. The average Bonchev–Trinajstić information content (AvgIpc) is 3.21. The smallest absolute Gasteiger partial charge is 0.462 e. The van der Waals surface area contributed by atoms with Crippen molar-refractivity contribution in [3.8, 4) is 0 Å². The van der Waals surface area contributed by atoms with Gasteiger partial charge in [-0.15, -0.1) is 0 Å². The number of hydrogen-bond donors (Lipinski definition) is 2. The summed E-state index contributed by atoms with van der Waals surface area (Å²) in [6.45, 7) is 3.96. The Morgan fingerprint density at radius 2 is 1.15 bits per heavy atom. The molecule has 0 aromatic rings. The molecule has 0 radical (unpaired) electrons. The molecule has 0 spiro atoms. The number of hydrogen-bond acceptors (Lipinski definition) is 8. The Labute approximate surface area is 370 Å². The van der Waals surface area contributed by atoms with Gasteiger partial charge in [0.25, 0.3) is 0 Å². The van der Waals surface area contributed by atoms with Crippen LogP contribution in [0.15, 0.2) is 109 Å². The molecular formula is C50H83NO9P+. The molecule has 10 nitrogen and oxygen atoms in total. The molecule has 0 aliphatic carbocycles. The summed E-state index contributed by atoms with van der Waals surface area (Å²) in [7, 11) is 1.30. The van der Waals surface area contributed by atoms with Gasteiger partial charge in [-0.2, -0.15) is 0 Å². The van der Waals surface area contributed by atoms with E-state index in [9.17, 15) is 24.2 Å². The van der Waals surface area contributed by atoms with E-state index in [0.717, 1.165) is 51.4 Å². The van der Waals surface area contributed by atoms with Crippen LogP contribution in [0.2, 0.25) is 0 Å². The third-order valence-electron chi connectivity index (χ3n) is 8.90. The lowest BCUT2D eigenvalue weighted by atomic mass is 10.1. The maximum Gasteiger partial charge on any atom is 0.472 e. The first-order chi connectivity index (χ1) is 29.4. The van der Waals surface area contributed by atoms with Gasteiger partial charge in [-0.3, -0.25) is 18.6 Å². The number of rotatable bonds is 39. The number of nitrogens with zero attached hydrogens (tertiary/aromatic N) is 1. The summed E-state index contributed by atoms with van der Waals surface area (Å²) in [6.07, 6.45) is 51.9. The molecule has 61 heavy (non-hydrogen) atoms. The highest BCUT2D eigenvalue weighted by Crippen LogP contribution is 2.43. The molecule has 11 heteroatoms. The van der Waals surface area contributed by atoms with Gasteiger partial charge in [-0.05, 0) is 77.0 Å². The van der Waals surface area contributed by atoms with Gasteiger partial charge >= 0.3 is 19.8 Å². The highest BCUT2D eigenvalue weighted by atomic mass is 31.2. The van der Waals surface area contributed by atoms with Gasteiger partial charge in [-0.25, -0.2) is 4.57 Å². The first-order valence-corrected chi connectivity index (χ1v) is 24.2. The Bertz CT molecular complexity index is 1420. The van der Waals surface area contributed by atoms with Gasteiger partial charge in [-0.1, -0.05) is 155 Å². The van der Waals surface area contributed by atoms with Crippen molar-refractivity contribution >= 4 is 19.8 Å². The molecule has 0 aliphatic heterocycles. The molecule has 0 heterocycles. The first kappa shape index (κ1) is 57.6. The van der Waals surface area contributed by atoms with E-state index in [1.807, 2.05) is 45.4 Å². The zero-order valence-corrected chi connectivity index (χ0v) is 39.4. The van der Waals surface area contributed by atoms with Crippen LogP contribution in [0.1, 0.15) is 136 Å². The molecule has 0 bridgehead atoms. The zero-order valence-electron chi connectivity index (χ0n) is 38.5. The second kappa shape index (κ2) is 40.7. The predicted octanol–water partition coefficient (Wildman–Crippen LogP) is 12.1. The quantitative estimate of drug-likeness (QED) is 0.0155. The Morgan fingerprint density at radius 3 is 1.74 bits per heavy atom. The minimum Gasteiger partial charge on any atom is -0.462 e. The number of allylic oxidation sites excluding steroid dienone is 17. The number of esters is 2. The molecule has 0 aromatic heterocycles. The lowest BCUT2D eigenvalue weighted by molar-refractivity contribution is -0.870. The average molecular weight is 873 g/mol. The molecule has 0 amide bonds. The van der Waals surface area contributed by atoms with Gasteiger partial charge in [0.05, 0.1) is 33.9 Å². The number of carbonyl (C=O) groups excluding carboxylic acids is 2. The second-order valence-corrected chi connectivity index (χ2v) is 17.3. The van der Waals surface area contributed by atoms with Crippen LogP contribution in [-0.4, -0.2) is 86.1 Å². The van der Waals surface area contributed by atoms with Crippen molar-refractivity contribution in [3.05, 3.63) is 109 Å². The summed E-state index contributed by atoms with van der Waals surface area (Å²) >= 11 is 0. The van der Waals surface area contributed by atoms with E-state index < -0.39 is 38.6 Å². The van der Waals surface area contributed by atoms with Crippen molar-refractivity contribution in [2.45, 2.75) is 148 Å². The highest BCUT2D eigenvalue weighted by molar-refractivity contribution is 7.47. The van der Waals surface area contributed by atoms with Crippen LogP contribution >= 0.6 is 7.82 Å². The van der Waals surface area contributed by atoms with E-state index in [1.54, 1.807) is 12.2 Å². The monoisotopic (exact) mass is 873 g/mol. The van der Waals surface area contributed by atoms with Crippen LogP contribution in [0.25, 0.3) is 0 Å². The van der Waals surface area contributed by atoms with Crippen molar-refractivity contribution in [2.24, 2.45) is 0 Å². The van der Waals surface area contributed by atoms with Crippen LogP contribution in [-0.2, 0) is 32.7 Å². The number of quaternary nitrogens is 1. The molecule has 0 aliphatic rings. The summed E-state index contributed by atoms with van der Waals surface area (Å²) in [6, 6.07) is 0. The van der Waals surface area contributed by atoms with Gasteiger partial charge in [0.1, 0.15) is 19.8 Å². The van der Waals surface area contributed by atoms with Crippen LogP contribution in [0.3, 0.4) is 0 Å². The molecule has 2 unspecified atom stereocenters. The van der Waals surface area contributed by atoms with Crippen molar-refractivity contribution in [3.63, 3.8) is 0 Å². The van der Waals surface area contributed by atoms with Gasteiger partial charge in [0.15, 0.2) is 6.10 Å². The summed E-state index contributed by atoms with van der Waals surface area (Å²) in [5.74, 6) is -1.11. The van der Waals surface area contributed by atoms with E-state index in [4.69, 9.17) is 18.5 Å². The Hall–Kier alpha value is -3.37. The normalized spacial score (nSPS) is 15.1. The number of ether oxygens (including phenoxy) is 2. The van der Waals surface area contributed by atoms with Crippen molar-refractivity contribution in [1.82, 2.24) is 0 Å². The van der Waals surface area contributed by atoms with Crippen LogP contribution in [0, 0.1) is 0 Å². The molecule has 0 rings (SSSR count). The maximum atomic E-state index is 12.7. The topological polar surface area (TPSA) is 129 Å². The number of carbonyl (C=O) groups is 2. The largest absolute Gasteiger partial charge is 0.472 e. The number of likely N-dealkylation sites (N-methyl/N-ethyl adjacent to an activating group) is 1. The number of phosphoric ester groups is 1. The van der Waals surface area contributed by atoms with Gasteiger partial charge in [0, 0.05) is 12.8 Å². The molecule has 0 fully saturated rings. The fraction of sp³-hybridized carbons (Fsp3) is 0.600. The van der Waals surface area contributed by atoms with E-state index in [-0.39, 0.29) is 26.1 Å². The lowest BCUT2D eigenvalue weighted by Crippen LogP contribution is -2.37. The number of phosphoric acid groups is 1. The molecule has 346 valence electrons. The van der Waals surface area contributed by atoms with Crippen LogP contribution in [0.5, 0.6) is 0 Å². The summed E-state index contributed by atoms with van der Waals surface area (Å²) in [5, 5.41) is 10.3. The van der Waals surface area contributed by atoms with E-state index in [2.05, 4.69) is 86.8 Å². The van der Waals surface area contributed by atoms with E-state index in [1.165, 1.54) is 38.5 Å². The van der Waals surface area contributed by atoms with E-state index >= 15 is 0 Å². The SMILES string of the molecule is CC/C=C\C/C=C\C/C=C\C/C=C\C/C=C\C/C=C\CCC(=O)OC[C@H](COP(=O)(O)OCC[N+](C)(C)C)OC(=O)CCCC(O)/C=C/C=C/C/C=C/CCCCCCCC. The third kappa shape index (κ3) is 44.5. The fourth-order valence-corrected chi connectivity index (χ4v) is 6.08. The highest BCUT2D eigenvalue weighted by Gasteiger charge is 2.27. The van der Waals surface area contributed by atoms with Crippen LogP contribution < -0.4 is 0 Å². The summed E-state index contributed by atoms with van der Waals surface area (Å²) in [5.41, 5.74) is 0. The standard InChI is InChI=1S/C50H82NO9P/c1-6-8-10-12-14-16-18-20-21-22-23-24-25-27-29-31-33-35-37-41-49(53)57-45-48(46-59-61(55,56)58-44-43-51(3,4)5)60-50(54)42-38-40-47(52)39-36-34-32-30-28-26-19-17-15-13-11-9-7-2/h8,10,14,16,20-21,23-24,26-29,32-36,39,47-48,52H,6-7,9,11-13,15,17-19,22,25,30-31,37-38,40-46H2,1-5H3/p+1/b10-8-,16-14-,21-20-,24-23-,28-26+,29-27-,34-32+,35-33-,39-36+/t47?,48-/m1/s1. The molecule has 3 atom stereocenters. The van der Waals surface area contributed by atoms with Gasteiger partial charge in [0.2, 0.25) is 0 Å². The molecule has 2 N–H and O–H groups in total. The zero-order chi connectivity index (χ0) is 45.1. The number of unbranched alkanes of at least 4 members (excludes halogenated alkanes) is 6. The summed E-state index contributed by atoms with van der Waals surface area (Å²) < 4.78 is 34.1. The fourth-order valence-electron chi connectivity index (χ4n) is 5.34. The molecule has 0 saturated heterocycles. The molecule has 0 aromatic carbocycles. The molecular weight excluding hydrogens is 790 g/mol. The Balaban J connectivity index is 4.67. The number of aliphatic hydroxyl groups excluding tert-OH is 1. The second-order valence-electron chi connectivity index (χ2n) is 15.9. The third-order valence-corrected chi connectivity index (χ3v) is 9.89. The number of aliphatic hydroxyl groups is 1. The minimum absolute atomic E-state index is 0.00590. The van der Waals surface area contributed by atoms with Crippen LogP contribution in [0.4, 0.5) is 0 Å². The van der Waals surface area contributed by atoms with Crippen molar-refractivity contribution in [1.29, 1.82) is 0 Å². The Morgan fingerprint density at radius 1 is 0.607 bits per heavy atom. The lowest BCUT2D eigenvalue weighted by Gasteiger charge is -2.24. The maximum absolute atomic E-state index is 12.7. The summed E-state index contributed by atoms with van der Waals surface area (Å²) in [4.78, 5) is 35.4. The van der Waals surface area contributed by atoms with Crippen molar-refractivity contribution < 1.29 is 47.2 Å². The van der Waals surface area contributed by atoms with Gasteiger partial charge < -0.3 is 24.0 Å². The predicted molar refractivity (Wildman–Crippen MR) is 253 cm³/mol.